The van der Waals surface area contributed by atoms with Crippen LogP contribution in [0.15, 0.2) is 78.9 Å². The van der Waals surface area contributed by atoms with Gasteiger partial charge in [0, 0.05) is 0 Å². The summed E-state index contributed by atoms with van der Waals surface area (Å²) in [6.07, 6.45) is 20.2. The Morgan fingerprint density at radius 2 is 1.04 bits per heavy atom. The Morgan fingerprint density at radius 3 is 1.50 bits per heavy atom. The highest BCUT2D eigenvalue weighted by molar-refractivity contribution is 5.90. The molecule has 0 N–H and O–H groups in total. The second-order valence-electron chi connectivity index (χ2n) is 14.6. The average molecular weight is 651 g/mol. The molecule has 2 fully saturated rings. The fraction of sp³-hybridized carbons (Fsp3) is 0.545. The molecule has 3 aromatic carbocycles. The summed E-state index contributed by atoms with van der Waals surface area (Å²) in [5.74, 6) is 2.09. The summed E-state index contributed by atoms with van der Waals surface area (Å²) in [7, 11) is 0. The summed E-state index contributed by atoms with van der Waals surface area (Å²) >= 11 is 0. The molecule has 1 unspecified atom stereocenters. The normalized spacial score (nSPS) is 21.7. The summed E-state index contributed by atoms with van der Waals surface area (Å²) < 4.78 is 11.7. The summed E-state index contributed by atoms with van der Waals surface area (Å²) in [6, 6.07) is 25.5. The van der Waals surface area contributed by atoms with Gasteiger partial charge in [0.15, 0.2) is 6.10 Å². The molecule has 0 spiro atoms. The molecule has 5 rings (SSSR count). The van der Waals surface area contributed by atoms with Gasteiger partial charge in [0.05, 0.1) is 11.1 Å². The van der Waals surface area contributed by atoms with E-state index in [1.54, 1.807) is 0 Å². The predicted molar refractivity (Wildman–Crippen MR) is 195 cm³/mol. The maximum absolute atomic E-state index is 13.3. The summed E-state index contributed by atoms with van der Waals surface area (Å²) in [4.78, 5) is 26.4. The van der Waals surface area contributed by atoms with E-state index in [1.807, 2.05) is 54.6 Å². The molecule has 0 radical (unpaired) electrons. The molecule has 258 valence electrons. The molecule has 4 heteroatoms. The summed E-state index contributed by atoms with van der Waals surface area (Å²) in [5, 5.41) is 0. The Bertz CT molecular complexity index is 1360. The van der Waals surface area contributed by atoms with Crippen LogP contribution in [0.25, 0.3) is 0 Å². The molecule has 1 atom stereocenters. The van der Waals surface area contributed by atoms with Crippen molar-refractivity contribution in [3.05, 3.63) is 107 Å². The van der Waals surface area contributed by atoms with Gasteiger partial charge in [-0.05, 0) is 116 Å². The van der Waals surface area contributed by atoms with Gasteiger partial charge in [-0.25, -0.2) is 9.59 Å². The highest BCUT2D eigenvalue weighted by Crippen LogP contribution is 2.39. The van der Waals surface area contributed by atoms with Crippen molar-refractivity contribution in [2.75, 3.05) is 6.61 Å². The van der Waals surface area contributed by atoms with Gasteiger partial charge in [0.2, 0.25) is 0 Å². The fourth-order valence-electron chi connectivity index (χ4n) is 8.02. The van der Waals surface area contributed by atoms with Crippen LogP contribution in [0.3, 0.4) is 0 Å². The van der Waals surface area contributed by atoms with E-state index in [-0.39, 0.29) is 6.61 Å². The van der Waals surface area contributed by atoms with Crippen LogP contribution in [0, 0.1) is 11.8 Å². The molecule has 0 aromatic heterocycles. The van der Waals surface area contributed by atoms with E-state index < -0.39 is 18.0 Å². The quantitative estimate of drug-likeness (QED) is 0.114. The van der Waals surface area contributed by atoms with Gasteiger partial charge in [0.25, 0.3) is 0 Å². The molecule has 2 aliphatic rings. The minimum Gasteiger partial charge on any atom is -0.458 e. The second kappa shape index (κ2) is 19.0. The molecule has 4 nitrogen and oxygen atoms in total. The number of rotatable bonds is 16. The molecule has 0 bridgehead atoms. The zero-order valence-electron chi connectivity index (χ0n) is 29.5. The van der Waals surface area contributed by atoms with Crippen LogP contribution in [0.2, 0.25) is 0 Å². The van der Waals surface area contributed by atoms with E-state index in [1.165, 1.54) is 114 Å². The first kappa shape index (κ1) is 35.9. The molecule has 2 aliphatic carbocycles. The third-order valence-electron chi connectivity index (χ3n) is 11.1. The molecular weight excluding hydrogens is 592 g/mol. The smallest absolute Gasteiger partial charge is 0.338 e. The van der Waals surface area contributed by atoms with Gasteiger partial charge in [-0.2, -0.15) is 0 Å². The van der Waals surface area contributed by atoms with Gasteiger partial charge in [-0.1, -0.05) is 120 Å². The van der Waals surface area contributed by atoms with Gasteiger partial charge in [-0.15, -0.1) is 0 Å². The van der Waals surface area contributed by atoms with Crippen molar-refractivity contribution in [1.29, 1.82) is 0 Å². The van der Waals surface area contributed by atoms with Gasteiger partial charge < -0.3 is 9.47 Å². The number of esters is 2. The van der Waals surface area contributed by atoms with Gasteiger partial charge in [0.1, 0.15) is 6.61 Å². The fourth-order valence-corrected chi connectivity index (χ4v) is 8.02. The summed E-state index contributed by atoms with van der Waals surface area (Å²) in [6.45, 7) is 4.50. The third kappa shape index (κ3) is 10.5. The molecular formula is C44H58O4. The molecule has 0 amide bonds. The topological polar surface area (TPSA) is 52.6 Å². The largest absolute Gasteiger partial charge is 0.458 e. The van der Waals surface area contributed by atoms with E-state index in [9.17, 15) is 9.59 Å². The zero-order valence-corrected chi connectivity index (χ0v) is 29.5. The number of carbonyl (C=O) groups is 2. The lowest BCUT2D eigenvalue weighted by molar-refractivity contribution is -0.00134. The Balaban J connectivity index is 1.12. The first-order chi connectivity index (χ1) is 23.5. The molecule has 2 saturated carbocycles. The van der Waals surface area contributed by atoms with Crippen molar-refractivity contribution in [2.24, 2.45) is 11.8 Å². The Morgan fingerprint density at radius 1 is 0.583 bits per heavy atom. The van der Waals surface area contributed by atoms with Crippen molar-refractivity contribution >= 4 is 11.9 Å². The second-order valence-corrected chi connectivity index (χ2v) is 14.6. The summed E-state index contributed by atoms with van der Waals surface area (Å²) in [5.41, 5.74) is 4.47. The first-order valence-electron chi connectivity index (χ1n) is 19.2. The van der Waals surface area contributed by atoms with Crippen LogP contribution >= 0.6 is 0 Å². The van der Waals surface area contributed by atoms with E-state index in [2.05, 4.69) is 38.1 Å². The van der Waals surface area contributed by atoms with Crippen LogP contribution < -0.4 is 0 Å². The number of ether oxygens (including phenoxy) is 2. The van der Waals surface area contributed by atoms with E-state index in [0.717, 1.165) is 17.4 Å². The van der Waals surface area contributed by atoms with Crippen molar-refractivity contribution in [1.82, 2.24) is 0 Å². The van der Waals surface area contributed by atoms with Crippen LogP contribution in [0.1, 0.15) is 172 Å². The molecule has 48 heavy (non-hydrogen) atoms. The molecule has 0 aliphatic heterocycles. The van der Waals surface area contributed by atoms with Crippen LogP contribution in [-0.2, 0) is 9.47 Å². The van der Waals surface area contributed by atoms with E-state index in [4.69, 9.17) is 9.47 Å². The van der Waals surface area contributed by atoms with E-state index in [0.29, 0.717) is 23.0 Å². The number of carbonyl (C=O) groups excluding carboxylic acids is 2. The van der Waals surface area contributed by atoms with Crippen molar-refractivity contribution < 1.29 is 19.1 Å². The SMILES string of the molecule is CCCCCC1CCC(c2ccc(C(=O)OCC(OC(=O)c3ccc(C4CCC(CCCCC)CC4)cc3)c3ccccc3)cc2)CC1. The molecule has 0 heterocycles. The van der Waals surface area contributed by atoms with Gasteiger partial charge >= 0.3 is 11.9 Å². The van der Waals surface area contributed by atoms with Crippen LogP contribution in [0.4, 0.5) is 0 Å². The van der Waals surface area contributed by atoms with E-state index >= 15 is 0 Å². The highest BCUT2D eigenvalue weighted by Gasteiger charge is 2.25. The maximum atomic E-state index is 13.3. The molecule has 0 saturated heterocycles. The molecule has 3 aromatic rings. The Kier molecular flexibility index (Phi) is 14.2. The number of hydrogen-bond acceptors (Lipinski definition) is 4. The van der Waals surface area contributed by atoms with Crippen molar-refractivity contribution in [2.45, 2.75) is 135 Å². The third-order valence-corrected chi connectivity index (χ3v) is 11.1. The van der Waals surface area contributed by atoms with Crippen LogP contribution in [0.5, 0.6) is 0 Å². The number of unbranched alkanes of at least 4 members (excludes halogenated alkanes) is 4. The number of hydrogen-bond donors (Lipinski definition) is 0. The van der Waals surface area contributed by atoms with Gasteiger partial charge in [-0.3, -0.25) is 0 Å². The van der Waals surface area contributed by atoms with Crippen LogP contribution in [-0.4, -0.2) is 18.5 Å². The highest BCUT2D eigenvalue weighted by atomic mass is 16.6. The predicted octanol–water partition coefficient (Wildman–Crippen LogP) is 12.1. The monoisotopic (exact) mass is 650 g/mol. The van der Waals surface area contributed by atoms with Crippen molar-refractivity contribution in [3.63, 3.8) is 0 Å². The average Bonchev–Trinajstić information content (AvgIpc) is 3.14. The minimum absolute atomic E-state index is 0.0437. The van der Waals surface area contributed by atoms with Crippen molar-refractivity contribution in [3.8, 4) is 0 Å². The maximum Gasteiger partial charge on any atom is 0.338 e. The minimum atomic E-state index is -0.697. The lowest BCUT2D eigenvalue weighted by Crippen LogP contribution is -2.19. The lowest BCUT2D eigenvalue weighted by atomic mass is 9.77. The first-order valence-corrected chi connectivity index (χ1v) is 19.2. The Hall–Kier alpha value is -3.40. The standard InChI is InChI=1S/C44H58O4/c1-3-5-8-12-33-16-20-35(21-17-33)37-24-28-40(29-25-37)43(45)47-32-42(39-14-10-7-11-15-39)48-44(46)41-30-26-38(27-31-41)36-22-18-34(19-23-36)13-9-6-4-2/h7,10-11,14-15,24-31,33-36,42H,3-6,8-9,12-13,16-23,32H2,1-2H3. The lowest BCUT2D eigenvalue weighted by Gasteiger charge is -2.29. The number of benzene rings is 3. The Labute approximate surface area is 290 Å². The zero-order chi connectivity index (χ0) is 33.6.